The summed E-state index contributed by atoms with van der Waals surface area (Å²) in [5.74, 6) is -1.61. The Morgan fingerprint density at radius 1 is 0.257 bits per heavy atom. The smallest absolute Gasteiger partial charge is 0.463 e. The van der Waals surface area contributed by atoms with E-state index in [0.717, 1.165) is 199 Å². The largest absolute Gasteiger partial charge is 0.472 e. The van der Waals surface area contributed by atoms with Crippen molar-refractivity contribution in [1.82, 2.24) is 0 Å². The zero-order chi connectivity index (χ0) is 82.2. The van der Waals surface area contributed by atoms with Gasteiger partial charge in [-0.1, -0.05) is 344 Å². The molecule has 644 valence electrons. The van der Waals surface area contributed by atoms with Crippen LogP contribution in [-0.4, -0.2) is 95.9 Å². The van der Waals surface area contributed by atoms with Gasteiger partial charge in [0.25, 0.3) is 0 Å². The number of hydrogen-bond donors (Lipinski definition) is 4. The summed E-state index contributed by atoms with van der Waals surface area (Å²) in [6.45, 7) is 2.41. The molecule has 0 saturated carbocycles. The van der Waals surface area contributed by atoms with Crippen molar-refractivity contribution in [2.45, 2.75) is 360 Å². The second-order valence-electron chi connectivity index (χ2n) is 28.9. The molecule has 0 heterocycles. The highest BCUT2D eigenvalue weighted by molar-refractivity contribution is 7.47. The molecule has 0 aromatic rings. The molecule has 4 N–H and O–H groups in total. The van der Waals surface area contributed by atoms with Crippen LogP contribution >= 0.6 is 15.6 Å². The van der Waals surface area contributed by atoms with Crippen LogP contribution < -0.4 is 0 Å². The maximum absolute atomic E-state index is 13.1. The summed E-state index contributed by atoms with van der Waals surface area (Å²) >= 11 is 0. The van der Waals surface area contributed by atoms with E-state index in [4.69, 9.17) is 32.3 Å². The van der Waals surface area contributed by atoms with Gasteiger partial charge in [0.05, 0.1) is 26.4 Å². The monoisotopic (exact) mass is 1620 g/mol. The van der Waals surface area contributed by atoms with Crippen LogP contribution in [0.3, 0.4) is 0 Å². The van der Waals surface area contributed by atoms with Crippen LogP contribution in [0.2, 0.25) is 0 Å². The molecule has 0 spiro atoms. The lowest BCUT2D eigenvalue weighted by Crippen LogP contribution is -2.30. The minimum absolute atomic E-state index is 0.0808. The molecule has 0 aliphatic rings. The lowest BCUT2D eigenvalue weighted by atomic mass is 10.0. The second-order valence-corrected chi connectivity index (χ2v) is 31.8. The first-order chi connectivity index (χ1) is 55.2. The van der Waals surface area contributed by atoms with Gasteiger partial charge in [-0.3, -0.25) is 32.5 Å². The average molecular weight is 1620 g/mol. The highest BCUT2D eigenvalue weighted by Crippen LogP contribution is 2.45. The van der Waals surface area contributed by atoms with Crippen LogP contribution in [0.4, 0.5) is 0 Å². The number of aliphatic hydroxyl groups is 2. The number of esters is 3. The summed E-state index contributed by atoms with van der Waals surface area (Å²) in [4.78, 5) is 58.9. The minimum Gasteiger partial charge on any atom is -0.463 e. The predicted octanol–water partition coefficient (Wildman–Crippen LogP) is 26.9. The van der Waals surface area contributed by atoms with Gasteiger partial charge in [-0.25, -0.2) is 9.13 Å². The van der Waals surface area contributed by atoms with Crippen molar-refractivity contribution < 1.29 is 75.8 Å². The van der Waals surface area contributed by atoms with E-state index in [1.807, 2.05) is 0 Å². The van der Waals surface area contributed by atoms with Gasteiger partial charge >= 0.3 is 33.6 Å². The molecular formula is C95H158O16P2. The summed E-state index contributed by atoms with van der Waals surface area (Å²) in [6, 6.07) is 0. The Labute approximate surface area is 687 Å². The fraction of sp³-hybridized carbons (Fsp3) is 0.653. The summed E-state index contributed by atoms with van der Waals surface area (Å²) in [6.07, 6.45) is 112. The molecule has 16 nitrogen and oxygen atoms in total. The summed E-state index contributed by atoms with van der Waals surface area (Å²) in [7, 11) is -9.82. The van der Waals surface area contributed by atoms with Crippen molar-refractivity contribution in [3.05, 3.63) is 182 Å². The summed E-state index contributed by atoms with van der Waals surface area (Å²) < 4.78 is 61.4. The van der Waals surface area contributed by atoms with E-state index in [-0.39, 0.29) is 19.3 Å². The van der Waals surface area contributed by atoms with Gasteiger partial charge in [-0.15, -0.1) is 0 Å². The molecular weight excluding hydrogens is 1460 g/mol. The van der Waals surface area contributed by atoms with Crippen LogP contribution in [-0.2, 0) is 55.8 Å². The van der Waals surface area contributed by atoms with Crippen LogP contribution in [0.1, 0.15) is 342 Å². The van der Waals surface area contributed by atoms with E-state index in [9.17, 15) is 43.5 Å². The molecule has 5 unspecified atom stereocenters. The van der Waals surface area contributed by atoms with E-state index >= 15 is 0 Å². The lowest BCUT2D eigenvalue weighted by molar-refractivity contribution is -0.161. The first-order valence-electron chi connectivity index (χ1n) is 44.1. The Bertz CT molecular complexity index is 2780. The molecule has 0 rings (SSSR count). The molecule has 0 amide bonds. The molecule has 0 bridgehead atoms. The Hall–Kier alpha value is -5.35. The van der Waals surface area contributed by atoms with Gasteiger partial charge < -0.3 is 34.2 Å². The highest BCUT2D eigenvalue weighted by atomic mass is 31.2. The quantitative estimate of drug-likeness (QED) is 0.0146. The second kappa shape index (κ2) is 86.0. The van der Waals surface area contributed by atoms with E-state index in [2.05, 4.69) is 203 Å². The molecule has 0 aromatic heterocycles. The lowest BCUT2D eigenvalue weighted by Gasteiger charge is -2.21. The normalized spacial score (nSPS) is 14.7. The number of ether oxygens (including phenoxy) is 3. The maximum atomic E-state index is 13.1. The van der Waals surface area contributed by atoms with Gasteiger partial charge in [0.2, 0.25) is 0 Å². The Kier molecular flexibility index (Phi) is 81.9. The number of rotatable bonds is 82. The number of carbonyl (C=O) groups is 3. The first-order valence-corrected chi connectivity index (χ1v) is 47.1. The molecule has 0 fully saturated rings. The zero-order valence-corrected chi connectivity index (χ0v) is 72.5. The molecule has 0 aliphatic heterocycles. The topological polar surface area (TPSA) is 231 Å². The van der Waals surface area contributed by atoms with E-state index < -0.39 is 91.5 Å². The van der Waals surface area contributed by atoms with Gasteiger partial charge in [-0.2, -0.15) is 0 Å². The van der Waals surface area contributed by atoms with Crippen molar-refractivity contribution >= 4 is 33.6 Å². The molecule has 5 atom stereocenters. The molecule has 0 radical (unpaired) electrons. The Balaban J connectivity index is 4.68. The standard InChI is InChI=1S/C95H158O16P2/c1-4-7-10-13-16-19-22-25-28-31-34-37-40-42-43-44-45-47-50-51-54-57-60-63-66-69-72-75-78-81-93(98)105-84-90(96)85-107-112(101,102)108-86-91(97)87-109-113(103,104)110-89-92(111-95(100)83-80-77-74-71-68-65-62-59-56-53-48-39-36-33-30-27-24-21-18-15-12-9-6-3)88-106-94(99)82-79-76-73-70-67-64-61-58-55-52-49-46-41-38-35-32-29-26-23-20-17-14-11-8-5-2/h8-9,11-12,16-21,25-30,34-39,42-43,46,49,53,55-56,58,90-92,96-97H,4-7,10,13-15,22-24,31-33,40-41,44-45,47-48,50-52,54,57,59-89H2,1-3H3,(H,101,102)(H,103,104)/b11-8-,12-9-,19-16-,20-17-,21-18-,28-25-,29-26-,30-27-,37-34-,38-35-,39-36-,43-42-,49-46-,56-53-,58-55-. The van der Waals surface area contributed by atoms with Gasteiger partial charge in [0.15, 0.2) is 6.10 Å². The third-order valence-electron chi connectivity index (χ3n) is 18.1. The van der Waals surface area contributed by atoms with Gasteiger partial charge in [0, 0.05) is 19.3 Å². The van der Waals surface area contributed by atoms with Crippen LogP contribution in [0.15, 0.2) is 182 Å². The van der Waals surface area contributed by atoms with Crippen LogP contribution in [0.5, 0.6) is 0 Å². The highest BCUT2D eigenvalue weighted by Gasteiger charge is 2.29. The van der Waals surface area contributed by atoms with Crippen molar-refractivity contribution in [3.63, 3.8) is 0 Å². The Morgan fingerprint density at radius 3 is 0.743 bits per heavy atom. The van der Waals surface area contributed by atoms with E-state index in [0.29, 0.717) is 19.3 Å². The number of allylic oxidation sites excluding steroid dienone is 30. The number of phosphoric acid groups is 2. The minimum atomic E-state index is -4.95. The average Bonchev–Trinajstić information content (AvgIpc) is 0.901. The number of phosphoric ester groups is 2. The number of hydrogen-bond acceptors (Lipinski definition) is 14. The third kappa shape index (κ3) is 87.3. The van der Waals surface area contributed by atoms with Crippen molar-refractivity contribution in [2.24, 2.45) is 0 Å². The van der Waals surface area contributed by atoms with Crippen molar-refractivity contribution in [3.8, 4) is 0 Å². The summed E-state index contributed by atoms with van der Waals surface area (Å²) in [5.41, 5.74) is 0. The van der Waals surface area contributed by atoms with E-state index in [1.165, 1.54) is 83.5 Å². The van der Waals surface area contributed by atoms with Gasteiger partial charge in [-0.05, 0) is 161 Å². The van der Waals surface area contributed by atoms with Crippen LogP contribution in [0.25, 0.3) is 0 Å². The Morgan fingerprint density at radius 2 is 0.469 bits per heavy atom. The molecule has 0 saturated heterocycles. The SMILES string of the molecule is CC/C=C\C/C=C\C/C=C\C/C=C\C/C=C\C/C=C\CCCCCCCCC(=O)OCC(COP(=O)(O)OCC(O)COP(=O)(O)OCC(O)COC(=O)CCCCCCCCCCCCCCC/C=C\C/C=C\C/C=C\C/C=C\CCCCC)OC(=O)CCCCCCCCC/C=C\C/C=C\C/C=C\C/C=C\C/C=C\CC. The molecule has 0 aliphatic carbocycles. The van der Waals surface area contributed by atoms with Crippen molar-refractivity contribution in [1.29, 1.82) is 0 Å². The third-order valence-corrected chi connectivity index (χ3v) is 20.0. The maximum Gasteiger partial charge on any atom is 0.472 e. The predicted molar refractivity (Wildman–Crippen MR) is 472 cm³/mol. The van der Waals surface area contributed by atoms with Gasteiger partial charge in [0.1, 0.15) is 25.4 Å². The molecule has 18 heteroatoms. The number of unbranched alkanes of at least 4 members (excludes halogenated alkanes) is 29. The number of aliphatic hydroxyl groups excluding tert-OH is 2. The summed E-state index contributed by atoms with van der Waals surface area (Å²) in [5, 5.41) is 20.7. The number of carbonyl (C=O) groups excluding carboxylic acids is 3. The fourth-order valence-corrected chi connectivity index (χ4v) is 13.1. The van der Waals surface area contributed by atoms with Crippen LogP contribution in [0, 0.1) is 0 Å². The molecule has 113 heavy (non-hydrogen) atoms. The zero-order valence-electron chi connectivity index (χ0n) is 70.7. The van der Waals surface area contributed by atoms with Crippen molar-refractivity contribution in [2.75, 3.05) is 39.6 Å². The molecule has 0 aromatic carbocycles. The fourth-order valence-electron chi connectivity index (χ4n) is 11.5. The van der Waals surface area contributed by atoms with E-state index in [1.54, 1.807) is 0 Å². The first kappa shape index (κ1) is 108.